The number of hydrogen-bond donors (Lipinski definition) is 2. The molecule has 150 valence electrons. The van der Waals surface area contributed by atoms with Gasteiger partial charge in [-0.3, -0.25) is 25.8 Å². The Morgan fingerprint density at radius 1 is 1.18 bits per heavy atom. The molecule has 0 bridgehead atoms. The number of nitro groups is 1. The van der Waals surface area contributed by atoms with Crippen LogP contribution in [0.1, 0.15) is 15.9 Å². The number of methoxy groups -OCH3 is 1. The van der Waals surface area contributed by atoms with Crippen LogP contribution in [0.4, 0.5) is 24.5 Å². The number of hydrazine groups is 1. The normalized spacial score (nSPS) is 11.0. The molecule has 8 nitrogen and oxygen atoms in total. The van der Waals surface area contributed by atoms with Gasteiger partial charge in [0.25, 0.3) is 11.6 Å². The van der Waals surface area contributed by atoms with Crippen molar-refractivity contribution in [3.8, 4) is 5.75 Å². The fraction of sp³-hybridized carbons (Fsp3) is 0.235. The molecule has 0 atom stereocenters. The summed E-state index contributed by atoms with van der Waals surface area (Å²) in [7, 11) is 1.49. The Bertz CT molecular complexity index is 858. The van der Waals surface area contributed by atoms with Crippen LogP contribution in [0.15, 0.2) is 42.5 Å². The first-order chi connectivity index (χ1) is 13.2. The summed E-state index contributed by atoms with van der Waals surface area (Å²) in [5.74, 6) is -0.442. The molecular formula is C17H16F3N3O5. The van der Waals surface area contributed by atoms with Crippen LogP contribution >= 0.6 is 0 Å². The number of carbonyl (C=O) groups excluding carboxylic acids is 1. The largest absolute Gasteiger partial charge is 0.490 e. The molecule has 11 heteroatoms. The van der Waals surface area contributed by atoms with Crippen LogP contribution in [0.3, 0.4) is 0 Å². The summed E-state index contributed by atoms with van der Waals surface area (Å²) < 4.78 is 48.5. The van der Waals surface area contributed by atoms with E-state index in [-0.39, 0.29) is 23.6 Å². The number of nitro benzene ring substituents is 1. The highest BCUT2D eigenvalue weighted by molar-refractivity contribution is 5.97. The summed E-state index contributed by atoms with van der Waals surface area (Å²) in [4.78, 5) is 22.4. The highest BCUT2D eigenvalue weighted by Gasteiger charge is 2.33. The van der Waals surface area contributed by atoms with E-state index in [2.05, 4.69) is 10.9 Å². The van der Waals surface area contributed by atoms with Gasteiger partial charge >= 0.3 is 6.18 Å². The number of halogens is 3. The second-order valence-electron chi connectivity index (χ2n) is 5.40. The van der Waals surface area contributed by atoms with Crippen LogP contribution in [0.25, 0.3) is 0 Å². The van der Waals surface area contributed by atoms with Crippen LogP contribution in [0.2, 0.25) is 0 Å². The molecule has 0 aromatic heterocycles. The van der Waals surface area contributed by atoms with Crippen molar-refractivity contribution in [2.75, 3.05) is 25.7 Å². The number of nitrogens with zero attached hydrogens (tertiary/aromatic N) is 1. The Morgan fingerprint density at radius 2 is 1.89 bits per heavy atom. The Kier molecular flexibility index (Phi) is 6.77. The minimum atomic E-state index is -4.73. The smallest absolute Gasteiger partial charge is 0.416 e. The standard InChI is InChI=1S/C17H16F3N3O5/c1-27-8-9-28-15-5-3-2-4-12(15)16(24)22-21-13-7-6-11(17(18,19)20)10-14(13)23(25)26/h2-7,10,21H,8-9H2,1H3,(H,22,24). The summed E-state index contributed by atoms with van der Waals surface area (Å²) >= 11 is 0. The van der Waals surface area contributed by atoms with Crippen molar-refractivity contribution in [2.24, 2.45) is 0 Å². The van der Waals surface area contributed by atoms with Crippen molar-refractivity contribution in [1.29, 1.82) is 0 Å². The summed E-state index contributed by atoms with van der Waals surface area (Å²) in [5.41, 5.74) is 2.31. The first-order valence-electron chi connectivity index (χ1n) is 7.86. The third-order valence-electron chi connectivity index (χ3n) is 3.51. The van der Waals surface area contributed by atoms with Gasteiger partial charge in [0.2, 0.25) is 0 Å². The molecule has 28 heavy (non-hydrogen) atoms. The summed E-state index contributed by atoms with van der Waals surface area (Å²) in [6.45, 7) is 0.491. The van der Waals surface area contributed by atoms with E-state index in [0.717, 1.165) is 6.07 Å². The van der Waals surface area contributed by atoms with Crippen LogP contribution in [-0.2, 0) is 10.9 Å². The minimum absolute atomic E-state index is 0.126. The lowest BCUT2D eigenvalue weighted by atomic mass is 10.1. The number of ether oxygens (including phenoxy) is 2. The van der Waals surface area contributed by atoms with Gasteiger partial charge in [-0.1, -0.05) is 12.1 Å². The monoisotopic (exact) mass is 399 g/mol. The molecule has 0 spiro atoms. The molecule has 2 rings (SSSR count). The van der Waals surface area contributed by atoms with Gasteiger partial charge in [-0.25, -0.2) is 0 Å². The van der Waals surface area contributed by atoms with Crippen molar-refractivity contribution in [3.63, 3.8) is 0 Å². The summed E-state index contributed by atoms with van der Waals surface area (Å²) in [5, 5.41) is 11.1. The number of anilines is 1. The lowest BCUT2D eigenvalue weighted by molar-refractivity contribution is -0.384. The molecule has 0 aliphatic rings. The molecule has 0 saturated heterocycles. The number of rotatable bonds is 8. The molecule has 0 saturated carbocycles. The Labute approximate surface area is 157 Å². The number of benzene rings is 2. The lowest BCUT2D eigenvalue weighted by Crippen LogP contribution is -2.30. The molecule has 0 aliphatic heterocycles. The van der Waals surface area contributed by atoms with E-state index in [1.54, 1.807) is 18.2 Å². The fourth-order valence-electron chi connectivity index (χ4n) is 2.17. The maximum Gasteiger partial charge on any atom is 0.416 e. The van der Waals surface area contributed by atoms with Crippen molar-refractivity contribution in [1.82, 2.24) is 5.43 Å². The quantitative estimate of drug-likeness (QED) is 0.401. The molecular weight excluding hydrogens is 383 g/mol. The van der Waals surface area contributed by atoms with Gasteiger partial charge in [0.15, 0.2) is 0 Å². The van der Waals surface area contributed by atoms with Gasteiger partial charge in [-0.15, -0.1) is 0 Å². The minimum Gasteiger partial charge on any atom is -0.490 e. The molecule has 2 N–H and O–H groups in total. The molecule has 0 radical (unpaired) electrons. The van der Waals surface area contributed by atoms with E-state index < -0.39 is 28.3 Å². The SMILES string of the molecule is COCCOc1ccccc1C(=O)NNc1ccc(C(F)(F)F)cc1[N+](=O)[O-]. The van der Waals surface area contributed by atoms with Gasteiger partial charge in [-0.2, -0.15) is 13.2 Å². The third-order valence-corrected chi connectivity index (χ3v) is 3.51. The van der Waals surface area contributed by atoms with Crippen LogP contribution in [0, 0.1) is 10.1 Å². The number of alkyl halides is 3. The second-order valence-corrected chi connectivity index (χ2v) is 5.40. The topological polar surface area (TPSA) is 103 Å². The van der Waals surface area contributed by atoms with Gasteiger partial charge in [-0.05, 0) is 24.3 Å². The molecule has 1 amide bonds. The van der Waals surface area contributed by atoms with Gasteiger partial charge < -0.3 is 9.47 Å². The number of nitrogens with one attached hydrogen (secondary N) is 2. The molecule has 0 fully saturated rings. The van der Waals surface area contributed by atoms with Gasteiger partial charge in [0, 0.05) is 13.2 Å². The maximum atomic E-state index is 12.7. The second kappa shape index (κ2) is 9.04. The van der Waals surface area contributed by atoms with E-state index >= 15 is 0 Å². The van der Waals surface area contributed by atoms with Gasteiger partial charge in [0.1, 0.15) is 18.0 Å². The Hall–Kier alpha value is -3.34. The van der Waals surface area contributed by atoms with Crippen molar-refractivity contribution in [3.05, 3.63) is 63.7 Å². The first-order valence-corrected chi connectivity index (χ1v) is 7.86. The number of carbonyl (C=O) groups is 1. The molecule has 0 unspecified atom stereocenters. The highest BCUT2D eigenvalue weighted by atomic mass is 19.4. The number of hydrogen-bond acceptors (Lipinski definition) is 6. The number of para-hydroxylation sites is 1. The van der Waals surface area contributed by atoms with Crippen molar-refractivity contribution in [2.45, 2.75) is 6.18 Å². The average molecular weight is 399 g/mol. The molecule has 0 aliphatic carbocycles. The summed E-state index contributed by atoms with van der Waals surface area (Å²) in [6.07, 6.45) is -4.73. The van der Waals surface area contributed by atoms with E-state index in [1.165, 1.54) is 13.2 Å². The highest BCUT2D eigenvalue weighted by Crippen LogP contribution is 2.34. The van der Waals surface area contributed by atoms with E-state index in [9.17, 15) is 28.1 Å². The molecule has 2 aromatic rings. The Morgan fingerprint density at radius 3 is 2.54 bits per heavy atom. The number of amides is 1. The predicted molar refractivity (Wildman–Crippen MR) is 93.0 cm³/mol. The fourth-order valence-corrected chi connectivity index (χ4v) is 2.17. The lowest BCUT2D eigenvalue weighted by Gasteiger charge is -2.13. The third kappa shape index (κ3) is 5.33. The van der Waals surface area contributed by atoms with Crippen LogP contribution in [0.5, 0.6) is 5.75 Å². The zero-order chi connectivity index (χ0) is 20.7. The van der Waals surface area contributed by atoms with Crippen LogP contribution < -0.4 is 15.6 Å². The predicted octanol–water partition coefficient (Wildman–Crippen LogP) is 3.40. The van der Waals surface area contributed by atoms with E-state index in [1.807, 2.05) is 0 Å². The molecule has 2 aromatic carbocycles. The van der Waals surface area contributed by atoms with Crippen molar-refractivity contribution < 1.29 is 32.4 Å². The average Bonchev–Trinajstić information content (AvgIpc) is 2.65. The molecule has 0 heterocycles. The van der Waals surface area contributed by atoms with Crippen molar-refractivity contribution >= 4 is 17.3 Å². The summed E-state index contributed by atoms with van der Waals surface area (Å²) in [6, 6.07) is 8.15. The Balaban J connectivity index is 2.16. The van der Waals surface area contributed by atoms with E-state index in [0.29, 0.717) is 18.7 Å². The van der Waals surface area contributed by atoms with E-state index in [4.69, 9.17) is 9.47 Å². The zero-order valence-electron chi connectivity index (χ0n) is 14.6. The maximum absolute atomic E-state index is 12.7. The van der Waals surface area contributed by atoms with Gasteiger partial charge in [0.05, 0.1) is 22.7 Å². The zero-order valence-corrected chi connectivity index (χ0v) is 14.6. The van der Waals surface area contributed by atoms with Crippen LogP contribution in [-0.4, -0.2) is 31.2 Å². The first kappa shape index (κ1) is 21.0.